The molecule has 2 aromatic rings. The number of aromatic nitrogens is 2. The average molecular weight is 243 g/mol. The molecule has 0 aliphatic carbocycles. The lowest BCUT2D eigenvalue weighted by atomic mass is 10.0. The molecule has 1 atom stereocenters. The largest absolute Gasteiger partial charge is 0.333 e. The van der Waals surface area contributed by atoms with Gasteiger partial charge in [-0.2, -0.15) is 0 Å². The van der Waals surface area contributed by atoms with Crippen LogP contribution in [-0.4, -0.2) is 16.6 Å². The summed E-state index contributed by atoms with van der Waals surface area (Å²) in [4.78, 5) is 4.35. The van der Waals surface area contributed by atoms with Crippen molar-refractivity contribution in [2.75, 3.05) is 7.05 Å². The van der Waals surface area contributed by atoms with Gasteiger partial charge in [0.05, 0.1) is 18.1 Å². The molecule has 0 aliphatic rings. The number of hydrogen-bond donors (Lipinski definition) is 1. The minimum absolute atomic E-state index is 0.318. The third-order valence-electron chi connectivity index (χ3n) is 3.64. The van der Waals surface area contributed by atoms with Crippen LogP contribution >= 0.6 is 0 Å². The highest BCUT2D eigenvalue weighted by atomic mass is 15.1. The summed E-state index contributed by atoms with van der Waals surface area (Å²) in [6.07, 6.45) is 1.92. The van der Waals surface area contributed by atoms with Gasteiger partial charge in [-0.1, -0.05) is 24.3 Å². The van der Waals surface area contributed by atoms with Crippen LogP contribution in [0.3, 0.4) is 0 Å². The highest BCUT2D eigenvalue weighted by Crippen LogP contribution is 2.20. The molecule has 0 amide bonds. The maximum absolute atomic E-state index is 4.35. The summed E-state index contributed by atoms with van der Waals surface area (Å²) < 4.78 is 2.21. The Morgan fingerprint density at radius 1 is 1.22 bits per heavy atom. The number of nitrogens with one attached hydrogen (secondary N) is 1. The van der Waals surface area contributed by atoms with Gasteiger partial charge >= 0.3 is 0 Å². The Bertz CT molecular complexity index is 528. The van der Waals surface area contributed by atoms with Crippen LogP contribution in [0.1, 0.15) is 28.6 Å². The van der Waals surface area contributed by atoms with Crippen LogP contribution < -0.4 is 5.32 Å². The lowest BCUT2D eigenvalue weighted by molar-refractivity contribution is 0.492. The molecule has 1 aromatic carbocycles. The predicted octanol–water partition coefficient (Wildman–Crippen LogP) is 2.77. The van der Waals surface area contributed by atoms with E-state index in [1.54, 1.807) is 0 Å². The second kappa shape index (κ2) is 5.36. The van der Waals surface area contributed by atoms with Gasteiger partial charge in [-0.3, -0.25) is 0 Å². The van der Waals surface area contributed by atoms with Crippen molar-refractivity contribution in [3.63, 3.8) is 0 Å². The summed E-state index contributed by atoms with van der Waals surface area (Å²) in [6, 6.07) is 8.84. The molecule has 0 saturated heterocycles. The van der Waals surface area contributed by atoms with E-state index < -0.39 is 0 Å². The number of aryl methyl sites for hydroxylation is 2. The molecule has 1 aromatic heterocycles. The number of imidazole rings is 1. The molecule has 0 fully saturated rings. The van der Waals surface area contributed by atoms with Gasteiger partial charge in [0.2, 0.25) is 0 Å². The molecule has 18 heavy (non-hydrogen) atoms. The Kier molecular flexibility index (Phi) is 3.82. The monoisotopic (exact) mass is 243 g/mol. The van der Waals surface area contributed by atoms with Gasteiger partial charge in [0.1, 0.15) is 0 Å². The lowest BCUT2D eigenvalue weighted by Gasteiger charge is -2.20. The fourth-order valence-electron chi connectivity index (χ4n) is 2.25. The Balaban J connectivity index is 2.25. The minimum atomic E-state index is 0.318. The summed E-state index contributed by atoms with van der Waals surface area (Å²) >= 11 is 0. The zero-order chi connectivity index (χ0) is 13.1. The summed E-state index contributed by atoms with van der Waals surface area (Å²) in [7, 11) is 2.01. The third kappa shape index (κ3) is 2.46. The van der Waals surface area contributed by atoms with E-state index in [1.807, 2.05) is 20.3 Å². The molecular formula is C15H21N3. The number of likely N-dealkylation sites (N-methyl/N-ethyl adjacent to an activating group) is 1. The van der Waals surface area contributed by atoms with Crippen molar-refractivity contribution in [3.8, 4) is 0 Å². The van der Waals surface area contributed by atoms with E-state index in [0.717, 1.165) is 12.2 Å². The molecule has 0 bridgehead atoms. The first-order valence-corrected chi connectivity index (χ1v) is 6.34. The predicted molar refractivity (Wildman–Crippen MR) is 74.7 cm³/mol. The molecule has 0 radical (unpaired) electrons. The molecule has 3 heteroatoms. The van der Waals surface area contributed by atoms with Crippen molar-refractivity contribution in [2.45, 2.75) is 33.4 Å². The molecule has 1 N–H and O–H groups in total. The topological polar surface area (TPSA) is 29.9 Å². The van der Waals surface area contributed by atoms with E-state index >= 15 is 0 Å². The van der Waals surface area contributed by atoms with Gasteiger partial charge < -0.3 is 9.88 Å². The van der Waals surface area contributed by atoms with Gasteiger partial charge in [0.15, 0.2) is 0 Å². The number of hydrogen-bond acceptors (Lipinski definition) is 2. The minimum Gasteiger partial charge on any atom is -0.333 e. The molecular weight excluding hydrogens is 222 g/mol. The van der Waals surface area contributed by atoms with E-state index in [-0.39, 0.29) is 0 Å². The van der Waals surface area contributed by atoms with Crippen LogP contribution in [0.2, 0.25) is 0 Å². The highest BCUT2D eigenvalue weighted by molar-refractivity contribution is 5.28. The molecule has 0 saturated carbocycles. The molecule has 0 aliphatic heterocycles. The van der Waals surface area contributed by atoms with Crippen molar-refractivity contribution in [1.29, 1.82) is 0 Å². The van der Waals surface area contributed by atoms with Gasteiger partial charge in [-0.05, 0) is 38.9 Å². The molecule has 0 spiro atoms. The quantitative estimate of drug-likeness (QED) is 0.895. The standard InChI is InChI=1S/C15H21N3/c1-11-7-5-6-8-14(11)15(16-4)9-18-10-17-12(2)13(18)3/h5-8,10,15-16H,9H2,1-4H3. The second-order valence-electron chi connectivity index (χ2n) is 4.77. The second-order valence-corrected chi connectivity index (χ2v) is 4.77. The Hall–Kier alpha value is -1.61. The van der Waals surface area contributed by atoms with Crippen LogP contribution in [0.15, 0.2) is 30.6 Å². The van der Waals surface area contributed by atoms with Gasteiger partial charge in [-0.25, -0.2) is 4.98 Å². The van der Waals surface area contributed by atoms with E-state index in [9.17, 15) is 0 Å². The summed E-state index contributed by atoms with van der Waals surface area (Å²) in [5, 5.41) is 3.40. The smallest absolute Gasteiger partial charge is 0.0952 e. The third-order valence-corrected chi connectivity index (χ3v) is 3.64. The van der Waals surface area contributed by atoms with Crippen LogP contribution in [-0.2, 0) is 6.54 Å². The summed E-state index contributed by atoms with van der Waals surface area (Å²) in [5.41, 5.74) is 5.02. The molecule has 1 unspecified atom stereocenters. The normalized spacial score (nSPS) is 12.7. The van der Waals surface area contributed by atoms with E-state index in [4.69, 9.17) is 0 Å². The van der Waals surface area contributed by atoms with Crippen molar-refractivity contribution in [3.05, 3.63) is 53.1 Å². The van der Waals surface area contributed by atoms with Crippen molar-refractivity contribution < 1.29 is 0 Å². The fourth-order valence-corrected chi connectivity index (χ4v) is 2.25. The van der Waals surface area contributed by atoms with Crippen LogP contribution in [0.4, 0.5) is 0 Å². The number of benzene rings is 1. The Morgan fingerprint density at radius 3 is 2.50 bits per heavy atom. The maximum Gasteiger partial charge on any atom is 0.0952 e. The SMILES string of the molecule is CNC(Cn1cnc(C)c1C)c1ccccc1C. The molecule has 1 heterocycles. The first kappa shape index (κ1) is 12.8. The van der Waals surface area contributed by atoms with Gasteiger partial charge in [0, 0.05) is 12.2 Å². The van der Waals surface area contributed by atoms with Crippen LogP contribution in [0, 0.1) is 20.8 Å². The summed E-state index contributed by atoms with van der Waals surface area (Å²) in [6.45, 7) is 7.24. The Labute approximate surface area is 109 Å². The average Bonchev–Trinajstić information content (AvgIpc) is 2.68. The first-order chi connectivity index (χ1) is 8.63. The van der Waals surface area contributed by atoms with Crippen molar-refractivity contribution >= 4 is 0 Å². The zero-order valence-electron chi connectivity index (χ0n) is 11.6. The first-order valence-electron chi connectivity index (χ1n) is 6.34. The van der Waals surface area contributed by atoms with Crippen molar-refractivity contribution in [1.82, 2.24) is 14.9 Å². The van der Waals surface area contributed by atoms with Crippen LogP contribution in [0.25, 0.3) is 0 Å². The fraction of sp³-hybridized carbons (Fsp3) is 0.400. The van der Waals surface area contributed by atoms with Gasteiger partial charge in [-0.15, -0.1) is 0 Å². The number of nitrogens with zero attached hydrogens (tertiary/aromatic N) is 2. The van der Waals surface area contributed by atoms with E-state index in [0.29, 0.717) is 6.04 Å². The number of rotatable bonds is 4. The molecule has 2 rings (SSSR count). The van der Waals surface area contributed by atoms with Crippen LogP contribution in [0.5, 0.6) is 0 Å². The Morgan fingerprint density at radius 2 is 1.94 bits per heavy atom. The van der Waals surface area contributed by atoms with Gasteiger partial charge in [0.25, 0.3) is 0 Å². The maximum atomic E-state index is 4.35. The molecule has 3 nitrogen and oxygen atoms in total. The highest BCUT2D eigenvalue weighted by Gasteiger charge is 2.13. The van der Waals surface area contributed by atoms with Crippen molar-refractivity contribution in [2.24, 2.45) is 0 Å². The lowest BCUT2D eigenvalue weighted by Crippen LogP contribution is -2.23. The van der Waals surface area contributed by atoms with E-state index in [2.05, 4.69) is 53.0 Å². The molecule has 96 valence electrons. The summed E-state index contributed by atoms with van der Waals surface area (Å²) in [5.74, 6) is 0. The van der Waals surface area contributed by atoms with E-state index in [1.165, 1.54) is 16.8 Å². The zero-order valence-corrected chi connectivity index (χ0v) is 11.6.